The van der Waals surface area contributed by atoms with Crippen molar-refractivity contribution in [2.45, 2.75) is 140 Å². The lowest BCUT2D eigenvalue weighted by molar-refractivity contribution is -0.169. The Labute approximate surface area is 292 Å². The number of ether oxygens (including phenoxy) is 5. The number of carbonyl (C=O) groups is 1. The molecule has 3 N–H and O–H groups in total. The zero-order valence-electron chi connectivity index (χ0n) is 30.0. The molecule has 0 bridgehead atoms. The number of nitrogens with two attached hydrogens (primary N) is 1. The summed E-state index contributed by atoms with van der Waals surface area (Å²) in [6.07, 6.45) is 0.290. The van der Waals surface area contributed by atoms with Crippen LogP contribution in [0.4, 0.5) is 30.9 Å². The summed E-state index contributed by atoms with van der Waals surface area (Å²) in [5.41, 5.74) is 6.47. The molecule has 11 nitrogen and oxygen atoms in total. The standard InChI is InChI=1S/C35H51F2N5O6S/c1-10-15-49-31-40-29(39-23-18-25(44-13-14-45-33(2,3)4)28-27(23)46-35(8,9)47-28)26(38)30(41-31)42(32(43)48-34(5,6)7)24-17-20(24)19-11-12-21(36)22(37)16-19/h11-12,16,20,23-25,27-28H,10,13-15,17-18,38H2,1-9H3,(H,39,40,41)/t20-,23+,24+,25-,27-,28+/m0/s1. The Kier molecular flexibility index (Phi) is 11.1. The number of hydrogen-bond donors (Lipinski definition) is 2. The van der Waals surface area contributed by atoms with Crippen molar-refractivity contribution in [2.75, 3.05) is 34.9 Å². The van der Waals surface area contributed by atoms with Crippen molar-refractivity contribution in [3.05, 3.63) is 35.4 Å². The first-order chi connectivity index (χ1) is 22.9. The van der Waals surface area contributed by atoms with Crippen LogP contribution in [0.5, 0.6) is 0 Å². The first-order valence-corrected chi connectivity index (χ1v) is 18.0. The highest BCUT2D eigenvalue weighted by Crippen LogP contribution is 2.49. The van der Waals surface area contributed by atoms with Crippen LogP contribution < -0.4 is 16.0 Å². The van der Waals surface area contributed by atoms with Crippen molar-refractivity contribution < 1.29 is 37.3 Å². The van der Waals surface area contributed by atoms with Crippen molar-refractivity contribution in [1.82, 2.24) is 9.97 Å². The van der Waals surface area contributed by atoms with Crippen molar-refractivity contribution in [1.29, 1.82) is 0 Å². The minimum Gasteiger partial charge on any atom is -0.443 e. The summed E-state index contributed by atoms with van der Waals surface area (Å²) >= 11 is 1.44. The molecule has 1 aromatic heterocycles. The topological polar surface area (TPSA) is 130 Å². The molecule has 2 saturated carbocycles. The smallest absolute Gasteiger partial charge is 0.416 e. The number of carbonyl (C=O) groups excluding carboxylic acids is 1. The number of nitrogens with one attached hydrogen (secondary N) is 1. The van der Waals surface area contributed by atoms with Crippen LogP contribution in [0.1, 0.15) is 93.1 Å². The molecule has 49 heavy (non-hydrogen) atoms. The van der Waals surface area contributed by atoms with Gasteiger partial charge in [-0.3, -0.25) is 4.90 Å². The number of nitrogen functional groups attached to an aromatic ring is 1. The van der Waals surface area contributed by atoms with Crippen LogP contribution in [-0.2, 0) is 23.7 Å². The van der Waals surface area contributed by atoms with Gasteiger partial charge in [0.15, 0.2) is 34.2 Å². The van der Waals surface area contributed by atoms with Crippen molar-refractivity contribution >= 4 is 35.2 Å². The van der Waals surface area contributed by atoms with Crippen LogP contribution in [0.15, 0.2) is 23.4 Å². The fraction of sp³-hybridized carbons (Fsp3) is 0.686. The SMILES string of the molecule is CCCSc1nc(N[C@@H]2C[C@H](OCCOC(C)(C)C)[C@H]3OC(C)(C)O[C@H]32)c(N)c(N(C(=O)OC(C)(C)C)[C@@H]2C[C@H]2c2ccc(F)c(F)c2)n1. The third-order valence-electron chi connectivity index (χ3n) is 8.30. The van der Waals surface area contributed by atoms with E-state index >= 15 is 0 Å². The molecule has 1 amide bonds. The van der Waals surface area contributed by atoms with Crippen molar-refractivity contribution in [3.8, 4) is 0 Å². The van der Waals surface area contributed by atoms with E-state index in [9.17, 15) is 13.6 Å². The normalized spacial score (nSPS) is 26.0. The van der Waals surface area contributed by atoms with E-state index in [2.05, 4.69) is 12.2 Å². The molecule has 1 aromatic carbocycles. The molecule has 0 radical (unpaired) electrons. The number of hydrogen-bond acceptors (Lipinski definition) is 11. The fourth-order valence-corrected chi connectivity index (χ4v) is 6.90. The van der Waals surface area contributed by atoms with Gasteiger partial charge in [-0.15, -0.1) is 0 Å². The predicted molar refractivity (Wildman–Crippen MR) is 185 cm³/mol. The summed E-state index contributed by atoms with van der Waals surface area (Å²) in [5.74, 6) is -1.71. The second-order valence-corrected chi connectivity index (χ2v) is 16.4. The highest BCUT2D eigenvalue weighted by molar-refractivity contribution is 7.99. The van der Waals surface area contributed by atoms with E-state index in [1.54, 1.807) is 20.8 Å². The Bertz CT molecular complexity index is 1500. The molecule has 14 heteroatoms. The van der Waals surface area contributed by atoms with Crippen LogP contribution in [0.25, 0.3) is 0 Å². The lowest BCUT2D eigenvalue weighted by Gasteiger charge is -2.29. The average Bonchev–Trinajstić information content (AvgIpc) is 3.61. The summed E-state index contributed by atoms with van der Waals surface area (Å²) in [4.78, 5) is 24.9. The van der Waals surface area contributed by atoms with Gasteiger partial charge in [0.1, 0.15) is 23.5 Å². The minimum absolute atomic E-state index is 0.153. The van der Waals surface area contributed by atoms with Gasteiger partial charge in [-0.25, -0.2) is 23.5 Å². The van der Waals surface area contributed by atoms with Gasteiger partial charge in [-0.2, -0.15) is 0 Å². The number of thioether (sulfide) groups is 1. The fourth-order valence-electron chi connectivity index (χ4n) is 6.21. The molecule has 0 unspecified atom stereocenters. The monoisotopic (exact) mass is 707 g/mol. The Morgan fingerprint density at radius 1 is 1.06 bits per heavy atom. The molecule has 0 spiro atoms. The molecule has 1 saturated heterocycles. The molecule has 2 aliphatic carbocycles. The quantitative estimate of drug-likeness (QED) is 0.134. The molecule has 1 aliphatic heterocycles. The zero-order chi connectivity index (χ0) is 35.9. The largest absolute Gasteiger partial charge is 0.443 e. The maximum Gasteiger partial charge on any atom is 0.416 e. The van der Waals surface area contributed by atoms with E-state index < -0.39 is 35.2 Å². The molecule has 3 fully saturated rings. The molecule has 5 rings (SSSR count). The van der Waals surface area contributed by atoms with E-state index in [4.69, 9.17) is 39.4 Å². The summed E-state index contributed by atoms with van der Waals surface area (Å²) in [5, 5.41) is 3.93. The van der Waals surface area contributed by atoms with E-state index in [1.165, 1.54) is 28.8 Å². The summed E-state index contributed by atoms with van der Waals surface area (Å²) < 4.78 is 58.6. The number of aromatic nitrogens is 2. The van der Waals surface area contributed by atoms with E-state index in [1.807, 2.05) is 34.6 Å². The van der Waals surface area contributed by atoms with Crippen LogP contribution >= 0.6 is 11.8 Å². The summed E-state index contributed by atoms with van der Waals surface area (Å²) in [6, 6.07) is 3.05. The van der Waals surface area contributed by atoms with Gasteiger partial charge < -0.3 is 34.7 Å². The van der Waals surface area contributed by atoms with Gasteiger partial charge in [-0.1, -0.05) is 24.8 Å². The third kappa shape index (κ3) is 9.32. The first-order valence-electron chi connectivity index (χ1n) is 17.0. The summed E-state index contributed by atoms with van der Waals surface area (Å²) in [6.45, 7) is 17.9. The number of halogens is 2. The van der Waals surface area contributed by atoms with E-state index in [-0.39, 0.29) is 47.4 Å². The lowest BCUT2D eigenvalue weighted by atomic mass is 10.1. The molecule has 3 aliphatic rings. The first kappa shape index (κ1) is 37.5. The molecule has 272 valence electrons. The predicted octanol–water partition coefficient (Wildman–Crippen LogP) is 7.04. The Morgan fingerprint density at radius 2 is 1.78 bits per heavy atom. The number of anilines is 3. The van der Waals surface area contributed by atoms with Crippen molar-refractivity contribution in [3.63, 3.8) is 0 Å². The van der Waals surface area contributed by atoms with Crippen LogP contribution in [0.3, 0.4) is 0 Å². The highest BCUT2D eigenvalue weighted by atomic mass is 32.2. The second kappa shape index (κ2) is 14.5. The van der Waals surface area contributed by atoms with E-state index in [0.717, 1.165) is 18.2 Å². The Hall–Kier alpha value is -2.78. The van der Waals surface area contributed by atoms with Crippen LogP contribution in [0.2, 0.25) is 0 Å². The molecular formula is C35H51F2N5O6S. The number of amides is 1. The van der Waals surface area contributed by atoms with Gasteiger partial charge in [0, 0.05) is 17.7 Å². The minimum atomic E-state index is -0.946. The van der Waals surface area contributed by atoms with E-state index in [0.29, 0.717) is 42.6 Å². The second-order valence-electron chi connectivity index (χ2n) is 15.3. The summed E-state index contributed by atoms with van der Waals surface area (Å²) in [7, 11) is 0. The van der Waals surface area contributed by atoms with Gasteiger partial charge in [0.05, 0.1) is 31.0 Å². The van der Waals surface area contributed by atoms with Gasteiger partial charge in [0.2, 0.25) is 0 Å². The number of fused-ring (bicyclic) bond motifs is 1. The number of benzene rings is 1. The number of nitrogens with zero attached hydrogens (tertiary/aromatic N) is 3. The highest BCUT2D eigenvalue weighted by Gasteiger charge is 2.55. The lowest BCUT2D eigenvalue weighted by Crippen LogP contribution is -2.40. The third-order valence-corrected chi connectivity index (χ3v) is 9.36. The number of rotatable bonds is 12. The van der Waals surface area contributed by atoms with Gasteiger partial charge in [0.25, 0.3) is 0 Å². The van der Waals surface area contributed by atoms with Crippen LogP contribution in [-0.4, -0.2) is 82.4 Å². The molecule has 2 heterocycles. The van der Waals surface area contributed by atoms with Gasteiger partial charge in [-0.05, 0) is 92.3 Å². The van der Waals surface area contributed by atoms with Gasteiger partial charge >= 0.3 is 6.09 Å². The van der Waals surface area contributed by atoms with Crippen LogP contribution in [0, 0.1) is 11.6 Å². The average molecular weight is 708 g/mol. The molecule has 6 atom stereocenters. The zero-order valence-corrected chi connectivity index (χ0v) is 30.8. The maximum atomic E-state index is 14.2. The maximum absolute atomic E-state index is 14.2. The Morgan fingerprint density at radius 3 is 2.43 bits per heavy atom. The Balaban J connectivity index is 1.46. The molecular weight excluding hydrogens is 656 g/mol. The molecule has 2 aromatic rings. The van der Waals surface area contributed by atoms with Crippen molar-refractivity contribution in [2.24, 2.45) is 0 Å².